The van der Waals surface area contributed by atoms with Crippen molar-refractivity contribution in [1.82, 2.24) is 14.7 Å². The van der Waals surface area contributed by atoms with Crippen LogP contribution in [0.3, 0.4) is 0 Å². The van der Waals surface area contributed by atoms with Crippen LogP contribution in [0.4, 0.5) is 8.78 Å². The van der Waals surface area contributed by atoms with Crippen LogP contribution in [-0.2, 0) is 17.7 Å². The van der Waals surface area contributed by atoms with Gasteiger partial charge in [0.1, 0.15) is 5.82 Å². The number of ether oxygens (including phenoxy) is 2. The van der Waals surface area contributed by atoms with Crippen molar-refractivity contribution < 1.29 is 23.0 Å². The summed E-state index contributed by atoms with van der Waals surface area (Å²) in [6.45, 7) is 3.05. The number of para-hydroxylation sites is 1. The van der Waals surface area contributed by atoms with Gasteiger partial charge in [0, 0.05) is 19.2 Å². The Balaban J connectivity index is 1.60. The minimum atomic E-state index is -0.844. The molecule has 0 N–H and O–H groups in total. The van der Waals surface area contributed by atoms with Crippen LogP contribution in [0.1, 0.15) is 41.4 Å². The highest BCUT2D eigenvalue weighted by Gasteiger charge is 2.29. The van der Waals surface area contributed by atoms with Gasteiger partial charge >= 0.3 is 0 Å². The monoisotopic (exact) mass is 551 g/mol. The SMILES string of the molecule is CCc1nn(-c2ccccc2)c(Oc2ccc(F)cc2F)c1CN(CC1CCCO1)C(=O)c1ccccc1Cl. The molecule has 1 atom stereocenters. The maximum atomic E-state index is 14.7. The number of benzene rings is 3. The fraction of sp³-hybridized carbons (Fsp3) is 0.267. The van der Waals surface area contributed by atoms with Crippen molar-refractivity contribution in [3.8, 4) is 17.3 Å². The average Bonchev–Trinajstić information content (AvgIpc) is 3.58. The van der Waals surface area contributed by atoms with E-state index in [0.29, 0.717) is 47.1 Å². The molecule has 1 aliphatic rings. The molecule has 0 radical (unpaired) electrons. The number of aromatic nitrogens is 2. The maximum absolute atomic E-state index is 14.7. The van der Waals surface area contributed by atoms with E-state index >= 15 is 0 Å². The smallest absolute Gasteiger partial charge is 0.255 e. The van der Waals surface area contributed by atoms with Crippen LogP contribution in [0.2, 0.25) is 5.02 Å². The Hall–Kier alpha value is -3.75. The first kappa shape index (κ1) is 26.8. The van der Waals surface area contributed by atoms with Crippen molar-refractivity contribution in [3.05, 3.63) is 106 Å². The fourth-order valence-electron chi connectivity index (χ4n) is 4.68. The first-order valence-electron chi connectivity index (χ1n) is 12.9. The summed E-state index contributed by atoms with van der Waals surface area (Å²) in [5, 5.41) is 5.12. The average molecular weight is 552 g/mol. The van der Waals surface area contributed by atoms with Gasteiger partial charge in [-0.2, -0.15) is 5.10 Å². The summed E-state index contributed by atoms with van der Waals surface area (Å²) in [6, 6.07) is 19.3. The fourth-order valence-corrected chi connectivity index (χ4v) is 4.90. The molecule has 0 spiro atoms. The molecule has 3 aromatic carbocycles. The third-order valence-electron chi connectivity index (χ3n) is 6.64. The van der Waals surface area contributed by atoms with Crippen molar-refractivity contribution in [2.24, 2.45) is 0 Å². The lowest BCUT2D eigenvalue weighted by atomic mass is 10.1. The van der Waals surface area contributed by atoms with E-state index in [9.17, 15) is 13.6 Å². The molecule has 6 nitrogen and oxygen atoms in total. The molecule has 4 aromatic rings. The highest BCUT2D eigenvalue weighted by atomic mass is 35.5. The zero-order chi connectivity index (χ0) is 27.4. The third kappa shape index (κ3) is 5.97. The first-order chi connectivity index (χ1) is 18.9. The minimum absolute atomic E-state index is 0.121. The van der Waals surface area contributed by atoms with E-state index in [1.54, 1.807) is 33.8 Å². The van der Waals surface area contributed by atoms with E-state index in [1.807, 2.05) is 37.3 Å². The summed E-state index contributed by atoms with van der Waals surface area (Å²) in [6.07, 6.45) is 2.17. The quantitative estimate of drug-likeness (QED) is 0.225. The lowest BCUT2D eigenvalue weighted by Crippen LogP contribution is -2.37. The molecule has 39 heavy (non-hydrogen) atoms. The second-order valence-corrected chi connectivity index (χ2v) is 9.72. The Morgan fingerprint density at radius 1 is 1.13 bits per heavy atom. The molecular formula is C30H28ClF2N3O3. The molecule has 0 saturated carbocycles. The summed E-state index contributed by atoms with van der Waals surface area (Å²) < 4.78 is 41.9. The van der Waals surface area contributed by atoms with Gasteiger partial charge in [0.25, 0.3) is 5.91 Å². The molecule has 0 aliphatic carbocycles. The number of amides is 1. The van der Waals surface area contributed by atoms with Crippen molar-refractivity contribution in [1.29, 1.82) is 0 Å². The van der Waals surface area contributed by atoms with Gasteiger partial charge in [-0.15, -0.1) is 0 Å². The normalized spacial score (nSPS) is 14.9. The van der Waals surface area contributed by atoms with E-state index in [1.165, 1.54) is 6.07 Å². The van der Waals surface area contributed by atoms with Crippen molar-refractivity contribution in [2.75, 3.05) is 13.2 Å². The molecule has 5 rings (SSSR count). The topological polar surface area (TPSA) is 56.6 Å². The number of hydrogen-bond acceptors (Lipinski definition) is 4. The van der Waals surface area contributed by atoms with Gasteiger partial charge in [-0.1, -0.05) is 48.9 Å². The number of rotatable bonds is 9. The van der Waals surface area contributed by atoms with Gasteiger partial charge in [-0.25, -0.2) is 13.5 Å². The van der Waals surface area contributed by atoms with Crippen molar-refractivity contribution >= 4 is 17.5 Å². The van der Waals surface area contributed by atoms with Gasteiger partial charge in [-0.05, 0) is 55.7 Å². The van der Waals surface area contributed by atoms with E-state index in [2.05, 4.69) is 0 Å². The summed E-state index contributed by atoms with van der Waals surface area (Å²) in [5.41, 5.74) is 2.36. The highest BCUT2D eigenvalue weighted by molar-refractivity contribution is 6.33. The number of aryl methyl sites for hydroxylation is 1. The largest absolute Gasteiger partial charge is 0.435 e. The second kappa shape index (κ2) is 12.0. The van der Waals surface area contributed by atoms with E-state index in [0.717, 1.165) is 25.0 Å². The Morgan fingerprint density at radius 2 is 1.90 bits per heavy atom. The van der Waals surface area contributed by atoms with Gasteiger partial charge in [0.15, 0.2) is 11.6 Å². The number of hydrogen-bond donors (Lipinski definition) is 0. The Kier molecular flexibility index (Phi) is 8.24. The predicted octanol–water partition coefficient (Wildman–Crippen LogP) is 6.98. The molecule has 1 saturated heterocycles. The standard InChI is InChI=1S/C30H28ClF2N3O3/c1-2-27-24(19-35(18-22-11-8-16-38-22)29(37)23-12-6-7-13-25(23)31)30(36(34-27)21-9-4-3-5-10-21)39-28-15-14-20(32)17-26(28)33/h3-7,9-10,12-15,17,22H,2,8,11,16,18-19H2,1H3. The molecule has 2 heterocycles. The lowest BCUT2D eigenvalue weighted by Gasteiger charge is -2.26. The molecule has 1 aromatic heterocycles. The summed E-state index contributed by atoms with van der Waals surface area (Å²) in [4.78, 5) is 15.5. The number of halogens is 3. The Morgan fingerprint density at radius 3 is 2.59 bits per heavy atom. The van der Waals surface area contributed by atoms with Crippen LogP contribution in [0.5, 0.6) is 11.6 Å². The minimum Gasteiger partial charge on any atom is -0.435 e. The zero-order valence-electron chi connectivity index (χ0n) is 21.4. The molecule has 1 aliphatic heterocycles. The van der Waals surface area contributed by atoms with Crippen LogP contribution in [0.25, 0.3) is 5.69 Å². The van der Waals surface area contributed by atoms with Crippen LogP contribution in [-0.4, -0.2) is 39.8 Å². The van der Waals surface area contributed by atoms with E-state index in [4.69, 9.17) is 26.2 Å². The van der Waals surface area contributed by atoms with E-state index < -0.39 is 11.6 Å². The molecule has 9 heteroatoms. The molecular weight excluding hydrogens is 524 g/mol. The van der Waals surface area contributed by atoms with Crippen molar-refractivity contribution in [2.45, 2.75) is 38.8 Å². The summed E-state index contributed by atoms with van der Waals surface area (Å²) in [5.74, 6) is -1.72. The van der Waals surface area contributed by atoms with Crippen LogP contribution in [0.15, 0.2) is 72.8 Å². The van der Waals surface area contributed by atoms with Gasteiger partial charge in [-0.3, -0.25) is 4.79 Å². The van der Waals surface area contributed by atoms with Gasteiger partial charge in [0.2, 0.25) is 5.88 Å². The lowest BCUT2D eigenvalue weighted by molar-refractivity contribution is 0.0505. The first-order valence-corrected chi connectivity index (χ1v) is 13.3. The predicted molar refractivity (Wildman–Crippen MR) is 145 cm³/mol. The Labute approximate surface area is 230 Å². The number of carbonyl (C=O) groups is 1. The highest BCUT2D eigenvalue weighted by Crippen LogP contribution is 2.34. The second-order valence-electron chi connectivity index (χ2n) is 9.31. The van der Waals surface area contributed by atoms with Crippen LogP contribution < -0.4 is 4.74 Å². The number of carbonyl (C=O) groups excluding carboxylic acids is 1. The summed E-state index contributed by atoms with van der Waals surface area (Å²) in [7, 11) is 0. The molecule has 1 fully saturated rings. The van der Waals surface area contributed by atoms with Crippen molar-refractivity contribution in [3.63, 3.8) is 0 Å². The van der Waals surface area contributed by atoms with Gasteiger partial charge in [0.05, 0.1) is 40.2 Å². The number of nitrogens with zero attached hydrogens (tertiary/aromatic N) is 3. The molecule has 1 unspecified atom stereocenters. The zero-order valence-corrected chi connectivity index (χ0v) is 22.2. The molecule has 202 valence electrons. The van der Waals surface area contributed by atoms with Crippen LogP contribution >= 0.6 is 11.6 Å². The van der Waals surface area contributed by atoms with E-state index in [-0.39, 0.29) is 30.2 Å². The molecule has 0 bridgehead atoms. The maximum Gasteiger partial charge on any atom is 0.255 e. The van der Waals surface area contributed by atoms with Gasteiger partial charge < -0.3 is 14.4 Å². The Bertz CT molecular complexity index is 1460. The molecule has 1 amide bonds. The third-order valence-corrected chi connectivity index (χ3v) is 6.97. The van der Waals surface area contributed by atoms with Crippen LogP contribution in [0, 0.1) is 11.6 Å². The summed E-state index contributed by atoms with van der Waals surface area (Å²) >= 11 is 6.40.